The van der Waals surface area contributed by atoms with Gasteiger partial charge < -0.3 is 9.15 Å². The van der Waals surface area contributed by atoms with Crippen molar-refractivity contribution in [2.45, 2.75) is 18.7 Å². The minimum absolute atomic E-state index is 0.177. The van der Waals surface area contributed by atoms with E-state index in [2.05, 4.69) is 15.5 Å². The maximum Gasteiger partial charge on any atom is 0.341 e. The summed E-state index contributed by atoms with van der Waals surface area (Å²) in [5, 5.41) is 9.75. The van der Waals surface area contributed by atoms with E-state index in [-0.39, 0.29) is 29.9 Å². The summed E-state index contributed by atoms with van der Waals surface area (Å²) in [6.45, 7) is 2.94. The molecule has 0 saturated heterocycles. The van der Waals surface area contributed by atoms with E-state index in [1.165, 1.54) is 0 Å². The molecule has 0 atom stereocenters. The number of benzene rings is 2. The lowest BCUT2D eigenvalue weighted by Gasteiger charge is -2.18. The van der Waals surface area contributed by atoms with Crippen LogP contribution in [0.25, 0.3) is 11.5 Å². The summed E-state index contributed by atoms with van der Waals surface area (Å²) < 4.78 is 50.7. The van der Waals surface area contributed by atoms with Crippen LogP contribution in [0.3, 0.4) is 0 Å². The fourth-order valence-electron chi connectivity index (χ4n) is 2.87. The standard InChI is InChI=1S/C21H21FN4O6S/c1-3-26(4-2)33(29,30)15-10-11-17(22)16(12-15)20(28)31-13-18(27)23-21-25-24-19(32-21)14-8-6-5-7-9-14/h5-12H,3-4,13H2,1-2H3,(H,23,25,27). The van der Waals surface area contributed by atoms with Crippen LogP contribution in [0, 0.1) is 5.82 Å². The summed E-state index contributed by atoms with van der Waals surface area (Å²) in [5.41, 5.74) is 0.0344. The third-order valence-corrected chi connectivity index (χ3v) is 6.57. The molecule has 1 N–H and O–H groups in total. The number of aromatic nitrogens is 2. The molecule has 2 aromatic carbocycles. The first-order chi connectivity index (χ1) is 15.8. The molecule has 0 aliphatic rings. The molecular formula is C21H21FN4O6S. The van der Waals surface area contributed by atoms with E-state index in [0.29, 0.717) is 5.56 Å². The second-order valence-corrected chi connectivity index (χ2v) is 8.57. The van der Waals surface area contributed by atoms with Gasteiger partial charge in [-0.05, 0) is 30.3 Å². The molecule has 1 aromatic heterocycles. The lowest BCUT2D eigenvalue weighted by atomic mass is 10.2. The number of sulfonamides is 1. The smallest absolute Gasteiger partial charge is 0.341 e. The molecule has 0 bridgehead atoms. The van der Waals surface area contributed by atoms with E-state index < -0.39 is 39.9 Å². The number of amides is 1. The Balaban J connectivity index is 1.65. The molecule has 0 unspecified atom stereocenters. The van der Waals surface area contributed by atoms with Gasteiger partial charge in [0.25, 0.3) is 5.91 Å². The fourth-order valence-corrected chi connectivity index (χ4v) is 4.35. The average molecular weight is 476 g/mol. The number of anilines is 1. The summed E-state index contributed by atoms with van der Waals surface area (Å²) in [4.78, 5) is 24.1. The van der Waals surface area contributed by atoms with Crippen LogP contribution in [0.5, 0.6) is 0 Å². The molecule has 0 saturated carbocycles. The predicted molar refractivity (Wildman–Crippen MR) is 115 cm³/mol. The zero-order valence-electron chi connectivity index (χ0n) is 17.8. The minimum atomic E-state index is -3.91. The van der Waals surface area contributed by atoms with Crippen LogP contribution in [-0.4, -0.2) is 54.5 Å². The van der Waals surface area contributed by atoms with E-state index >= 15 is 0 Å². The molecule has 174 valence electrons. The Morgan fingerprint density at radius 2 is 1.79 bits per heavy atom. The highest BCUT2D eigenvalue weighted by atomic mass is 32.2. The van der Waals surface area contributed by atoms with Gasteiger partial charge in [-0.2, -0.15) is 4.31 Å². The Labute approximate surface area is 189 Å². The van der Waals surface area contributed by atoms with Crippen molar-refractivity contribution in [2.24, 2.45) is 0 Å². The number of esters is 1. The summed E-state index contributed by atoms with van der Waals surface area (Å²) in [7, 11) is -3.91. The Hall–Kier alpha value is -3.64. The summed E-state index contributed by atoms with van der Waals surface area (Å²) in [6, 6.07) is 11.4. The Morgan fingerprint density at radius 3 is 2.45 bits per heavy atom. The molecule has 3 rings (SSSR count). The van der Waals surface area contributed by atoms with Gasteiger partial charge >= 0.3 is 12.0 Å². The number of rotatable bonds is 9. The Bertz CT molecular complexity index is 1240. The van der Waals surface area contributed by atoms with Crippen molar-refractivity contribution in [3.8, 4) is 11.5 Å². The van der Waals surface area contributed by atoms with Crippen LogP contribution in [0.2, 0.25) is 0 Å². The number of nitrogens with zero attached hydrogens (tertiary/aromatic N) is 3. The van der Waals surface area contributed by atoms with Crippen LogP contribution in [-0.2, 0) is 19.6 Å². The molecule has 0 aliphatic heterocycles. The highest BCUT2D eigenvalue weighted by Crippen LogP contribution is 2.21. The predicted octanol–water partition coefficient (Wildman–Crippen LogP) is 2.70. The molecule has 12 heteroatoms. The Morgan fingerprint density at radius 1 is 1.09 bits per heavy atom. The maximum atomic E-state index is 14.2. The summed E-state index contributed by atoms with van der Waals surface area (Å²) in [5.74, 6) is -2.81. The van der Waals surface area contributed by atoms with Gasteiger partial charge in [0.2, 0.25) is 15.9 Å². The Kier molecular flexibility index (Phi) is 7.51. The first kappa shape index (κ1) is 24.0. The van der Waals surface area contributed by atoms with Gasteiger partial charge in [0.1, 0.15) is 5.82 Å². The van der Waals surface area contributed by atoms with Gasteiger partial charge in [-0.25, -0.2) is 17.6 Å². The van der Waals surface area contributed by atoms with Gasteiger partial charge in [-0.3, -0.25) is 10.1 Å². The molecule has 0 radical (unpaired) electrons. The van der Waals surface area contributed by atoms with Crippen molar-refractivity contribution >= 4 is 27.9 Å². The molecule has 1 amide bonds. The maximum absolute atomic E-state index is 14.2. The molecule has 3 aromatic rings. The SMILES string of the molecule is CCN(CC)S(=O)(=O)c1ccc(F)c(C(=O)OCC(=O)Nc2nnc(-c3ccccc3)o2)c1. The van der Waals surface area contributed by atoms with E-state index in [1.54, 1.807) is 38.1 Å². The highest BCUT2D eigenvalue weighted by Gasteiger charge is 2.25. The third-order valence-electron chi connectivity index (χ3n) is 4.53. The molecule has 33 heavy (non-hydrogen) atoms. The molecule has 0 spiro atoms. The number of hydrogen-bond donors (Lipinski definition) is 1. The normalized spacial score (nSPS) is 11.4. The molecule has 10 nitrogen and oxygen atoms in total. The molecule has 0 aliphatic carbocycles. The number of hydrogen-bond acceptors (Lipinski definition) is 8. The number of nitrogens with one attached hydrogen (secondary N) is 1. The van der Waals surface area contributed by atoms with Crippen molar-refractivity contribution in [1.82, 2.24) is 14.5 Å². The van der Waals surface area contributed by atoms with Gasteiger partial charge in [0.15, 0.2) is 6.61 Å². The number of halogens is 1. The van der Waals surface area contributed by atoms with Gasteiger partial charge in [-0.15, -0.1) is 5.10 Å². The lowest BCUT2D eigenvalue weighted by molar-refractivity contribution is -0.119. The largest absolute Gasteiger partial charge is 0.452 e. The van der Waals surface area contributed by atoms with Crippen molar-refractivity contribution in [3.05, 3.63) is 59.9 Å². The van der Waals surface area contributed by atoms with Crippen LogP contribution >= 0.6 is 0 Å². The van der Waals surface area contributed by atoms with Crippen LogP contribution < -0.4 is 5.32 Å². The summed E-state index contributed by atoms with van der Waals surface area (Å²) in [6.07, 6.45) is 0. The third kappa shape index (κ3) is 5.59. The second kappa shape index (κ2) is 10.3. The van der Waals surface area contributed by atoms with E-state index in [9.17, 15) is 22.4 Å². The summed E-state index contributed by atoms with van der Waals surface area (Å²) >= 11 is 0. The van der Waals surface area contributed by atoms with Crippen molar-refractivity contribution in [1.29, 1.82) is 0 Å². The van der Waals surface area contributed by atoms with Gasteiger partial charge in [-0.1, -0.05) is 37.1 Å². The van der Waals surface area contributed by atoms with Crippen molar-refractivity contribution in [2.75, 3.05) is 25.0 Å². The van der Waals surface area contributed by atoms with Crippen molar-refractivity contribution < 1.29 is 31.6 Å². The number of carbonyl (C=O) groups is 2. The zero-order chi connectivity index (χ0) is 24.0. The zero-order valence-corrected chi connectivity index (χ0v) is 18.6. The quantitative estimate of drug-likeness (QED) is 0.466. The van der Waals surface area contributed by atoms with E-state index in [4.69, 9.17) is 9.15 Å². The number of ether oxygens (including phenoxy) is 1. The molecule has 0 fully saturated rings. The monoisotopic (exact) mass is 476 g/mol. The van der Waals surface area contributed by atoms with E-state index in [1.807, 2.05) is 6.07 Å². The van der Waals surface area contributed by atoms with Crippen LogP contribution in [0.15, 0.2) is 57.8 Å². The second-order valence-electron chi connectivity index (χ2n) is 6.63. The van der Waals surface area contributed by atoms with Gasteiger partial charge in [0.05, 0.1) is 10.5 Å². The lowest BCUT2D eigenvalue weighted by Crippen LogP contribution is -2.30. The minimum Gasteiger partial charge on any atom is -0.452 e. The van der Waals surface area contributed by atoms with Crippen LogP contribution in [0.4, 0.5) is 10.4 Å². The molecular weight excluding hydrogens is 455 g/mol. The van der Waals surface area contributed by atoms with Crippen LogP contribution in [0.1, 0.15) is 24.2 Å². The number of carbonyl (C=O) groups excluding carboxylic acids is 2. The van der Waals surface area contributed by atoms with Gasteiger partial charge in [0, 0.05) is 18.7 Å². The van der Waals surface area contributed by atoms with Crippen molar-refractivity contribution in [3.63, 3.8) is 0 Å². The topological polar surface area (TPSA) is 132 Å². The first-order valence-electron chi connectivity index (χ1n) is 9.91. The first-order valence-corrected chi connectivity index (χ1v) is 11.4. The van der Waals surface area contributed by atoms with E-state index in [0.717, 1.165) is 22.5 Å². The highest BCUT2D eigenvalue weighted by molar-refractivity contribution is 7.89. The fraction of sp³-hybridized carbons (Fsp3) is 0.238. The molecule has 1 heterocycles. The average Bonchev–Trinajstić information content (AvgIpc) is 3.27.